The van der Waals surface area contributed by atoms with Gasteiger partial charge in [0.05, 0.1) is 5.52 Å². The van der Waals surface area contributed by atoms with Crippen LogP contribution < -0.4 is 0 Å². The number of benzene rings is 1. The average molecular weight is 147 g/mol. The first-order valence-electron chi connectivity index (χ1n) is 3.14. The van der Waals surface area contributed by atoms with Gasteiger partial charge in [0.15, 0.2) is 6.33 Å². The molecule has 0 N–H and O–H groups in total. The molecule has 0 aliphatic heterocycles. The van der Waals surface area contributed by atoms with Crippen LogP contribution in [0.1, 0.15) is 0 Å². The van der Waals surface area contributed by atoms with Crippen molar-refractivity contribution in [2.75, 3.05) is 0 Å². The van der Waals surface area contributed by atoms with Crippen molar-refractivity contribution in [3.63, 3.8) is 0 Å². The van der Waals surface area contributed by atoms with E-state index in [0.29, 0.717) is 10.9 Å². The number of rotatable bonds is 0. The highest BCUT2D eigenvalue weighted by Crippen LogP contribution is 2.09. The molecule has 0 atom stereocenters. The third kappa shape index (κ3) is 1.05. The van der Waals surface area contributed by atoms with E-state index in [0.717, 1.165) is 0 Å². The molecule has 2 nitrogen and oxygen atoms in total. The Kier molecular flexibility index (Phi) is 1.28. The van der Waals surface area contributed by atoms with Crippen molar-refractivity contribution in [1.82, 2.24) is 9.97 Å². The van der Waals surface area contributed by atoms with Gasteiger partial charge in [0.25, 0.3) is 0 Å². The highest BCUT2D eigenvalue weighted by Gasteiger charge is 1.94. The Hall–Kier alpha value is -1.51. The molecule has 1 aromatic heterocycles. The third-order valence-corrected chi connectivity index (χ3v) is 1.42. The van der Waals surface area contributed by atoms with E-state index in [4.69, 9.17) is 0 Å². The summed E-state index contributed by atoms with van der Waals surface area (Å²) in [6, 6.07) is 4.36. The van der Waals surface area contributed by atoms with Gasteiger partial charge < -0.3 is 0 Å². The van der Waals surface area contributed by atoms with Crippen LogP contribution in [-0.4, -0.2) is 9.97 Å². The number of aromatic nitrogens is 2. The Balaban J connectivity index is 2.83. The molecule has 0 saturated carbocycles. The van der Waals surface area contributed by atoms with Crippen LogP contribution in [0.25, 0.3) is 10.9 Å². The minimum atomic E-state index is -0.271. The topological polar surface area (TPSA) is 25.8 Å². The molecule has 1 radical (unpaired) electrons. The van der Waals surface area contributed by atoms with Crippen LogP contribution in [0.5, 0.6) is 0 Å². The lowest BCUT2D eigenvalue weighted by molar-refractivity contribution is 0.629. The van der Waals surface area contributed by atoms with E-state index in [1.807, 2.05) is 0 Å². The molecule has 1 aromatic carbocycles. The maximum atomic E-state index is 12.6. The number of hydrogen-bond donors (Lipinski definition) is 0. The van der Waals surface area contributed by atoms with E-state index >= 15 is 0 Å². The van der Waals surface area contributed by atoms with E-state index in [9.17, 15) is 4.39 Å². The zero-order valence-electron chi connectivity index (χ0n) is 5.58. The van der Waals surface area contributed by atoms with Crippen molar-refractivity contribution in [2.45, 2.75) is 0 Å². The minimum Gasteiger partial charge on any atom is -0.233 e. The summed E-state index contributed by atoms with van der Waals surface area (Å²) in [5.41, 5.74) is 0.710. The molecule has 0 unspecified atom stereocenters. The van der Waals surface area contributed by atoms with Crippen LogP contribution in [0.15, 0.2) is 24.4 Å². The smallest absolute Gasteiger partial charge is 0.198 e. The Bertz CT molecular complexity index is 387. The van der Waals surface area contributed by atoms with E-state index in [1.54, 1.807) is 6.07 Å². The molecule has 0 aliphatic carbocycles. The molecule has 0 saturated heterocycles. The summed E-state index contributed by atoms with van der Waals surface area (Å²) >= 11 is 0. The molecule has 2 aromatic rings. The van der Waals surface area contributed by atoms with Gasteiger partial charge in [-0.15, -0.1) is 0 Å². The largest absolute Gasteiger partial charge is 0.233 e. The second-order valence-electron chi connectivity index (χ2n) is 2.17. The zero-order valence-corrected chi connectivity index (χ0v) is 5.58. The lowest BCUT2D eigenvalue weighted by Crippen LogP contribution is -1.81. The van der Waals surface area contributed by atoms with Gasteiger partial charge in [-0.25, -0.2) is 14.4 Å². The summed E-state index contributed by atoms with van der Waals surface area (Å²) in [6.45, 7) is 0. The van der Waals surface area contributed by atoms with E-state index in [-0.39, 0.29) is 5.82 Å². The Morgan fingerprint density at radius 2 is 2.27 bits per heavy atom. The van der Waals surface area contributed by atoms with Crippen LogP contribution in [0.3, 0.4) is 0 Å². The van der Waals surface area contributed by atoms with Gasteiger partial charge >= 0.3 is 0 Å². The van der Waals surface area contributed by atoms with Gasteiger partial charge in [0.2, 0.25) is 0 Å². The molecule has 0 amide bonds. The molecule has 53 valence electrons. The molecular formula is C8H4FN2. The fourth-order valence-corrected chi connectivity index (χ4v) is 0.912. The summed E-state index contributed by atoms with van der Waals surface area (Å²) in [4.78, 5) is 7.47. The average Bonchev–Trinajstić information content (AvgIpc) is 2.04. The highest BCUT2D eigenvalue weighted by molar-refractivity contribution is 5.76. The van der Waals surface area contributed by atoms with Crippen molar-refractivity contribution in [2.24, 2.45) is 0 Å². The molecule has 1 heterocycles. The second kappa shape index (κ2) is 2.27. The maximum absolute atomic E-state index is 12.6. The van der Waals surface area contributed by atoms with Crippen molar-refractivity contribution < 1.29 is 4.39 Å². The van der Waals surface area contributed by atoms with Crippen molar-refractivity contribution in [1.29, 1.82) is 0 Å². The van der Waals surface area contributed by atoms with Crippen molar-refractivity contribution in [3.05, 3.63) is 36.5 Å². The Morgan fingerprint density at radius 3 is 3.18 bits per heavy atom. The molecule has 0 aliphatic rings. The Morgan fingerprint density at radius 1 is 1.36 bits per heavy atom. The predicted molar refractivity (Wildman–Crippen MR) is 38.3 cm³/mol. The minimum absolute atomic E-state index is 0.271. The first-order valence-corrected chi connectivity index (χ1v) is 3.14. The zero-order chi connectivity index (χ0) is 7.68. The Labute approximate surface area is 62.7 Å². The van der Waals surface area contributed by atoms with Gasteiger partial charge in [-0.2, -0.15) is 0 Å². The first kappa shape index (κ1) is 6.22. The third-order valence-electron chi connectivity index (χ3n) is 1.42. The second-order valence-corrected chi connectivity index (χ2v) is 2.17. The SMILES string of the molecule is Fc1ccc2n[c]ncc2c1. The molecular weight excluding hydrogens is 143 g/mol. The summed E-state index contributed by atoms with van der Waals surface area (Å²) in [5.74, 6) is -0.271. The molecule has 2 rings (SSSR count). The first-order chi connectivity index (χ1) is 5.36. The number of fused-ring (bicyclic) bond motifs is 1. The van der Waals surface area contributed by atoms with Crippen molar-refractivity contribution in [3.8, 4) is 0 Å². The standard InChI is InChI=1S/C8H4FN2/c9-7-1-2-8-6(3-7)4-10-5-11-8/h1-4H. The summed E-state index contributed by atoms with van der Waals surface area (Å²) in [7, 11) is 0. The van der Waals surface area contributed by atoms with Crippen LogP contribution in [0.2, 0.25) is 0 Å². The summed E-state index contributed by atoms with van der Waals surface area (Å²) in [5, 5.41) is 0.698. The van der Waals surface area contributed by atoms with Gasteiger partial charge in [-0.1, -0.05) is 0 Å². The lowest BCUT2D eigenvalue weighted by atomic mass is 10.2. The summed E-state index contributed by atoms with van der Waals surface area (Å²) < 4.78 is 12.6. The fourth-order valence-electron chi connectivity index (χ4n) is 0.912. The molecule has 0 fully saturated rings. The normalized spacial score (nSPS) is 10.3. The van der Waals surface area contributed by atoms with Crippen LogP contribution >= 0.6 is 0 Å². The maximum Gasteiger partial charge on any atom is 0.198 e. The van der Waals surface area contributed by atoms with Crippen molar-refractivity contribution >= 4 is 10.9 Å². The molecule has 3 heteroatoms. The van der Waals surface area contributed by atoms with Gasteiger partial charge in [-0.3, -0.25) is 0 Å². The van der Waals surface area contributed by atoms with Gasteiger partial charge in [0, 0.05) is 11.6 Å². The molecule has 0 spiro atoms. The van der Waals surface area contributed by atoms with Gasteiger partial charge in [0.1, 0.15) is 5.82 Å². The quantitative estimate of drug-likeness (QED) is 0.565. The fraction of sp³-hybridized carbons (Fsp3) is 0. The van der Waals surface area contributed by atoms with E-state index in [1.165, 1.54) is 18.3 Å². The number of nitrogens with zero attached hydrogens (tertiary/aromatic N) is 2. The van der Waals surface area contributed by atoms with E-state index < -0.39 is 0 Å². The number of halogens is 1. The van der Waals surface area contributed by atoms with Crippen LogP contribution in [0, 0.1) is 12.1 Å². The molecule has 0 bridgehead atoms. The molecule has 11 heavy (non-hydrogen) atoms. The van der Waals surface area contributed by atoms with E-state index in [2.05, 4.69) is 16.3 Å². The monoisotopic (exact) mass is 147 g/mol. The van der Waals surface area contributed by atoms with Gasteiger partial charge in [-0.05, 0) is 18.2 Å². The van der Waals surface area contributed by atoms with Crippen LogP contribution in [-0.2, 0) is 0 Å². The van der Waals surface area contributed by atoms with Crippen LogP contribution in [0.4, 0.5) is 4.39 Å². The summed E-state index contributed by atoms with van der Waals surface area (Å²) in [6.07, 6.45) is 3.97. The predicted octanol–water partition coefficient (Wildman–Crippen LogP) is 1.57. The lowest BCUT2D eigenvalue weighted by Gasteiger charge is -1.92. The number of hydrogen-bond acceptors (Lipinski definition) is 2. The highest BCUT2D eigenvalue weighted by atomic mass is 19.1.